The van der Waals surface area contributed by atoms with Crippen LogP contribution in [-0.4, -0.2) is 15.7 Å². The molecular weight excluding hydrogens is 288 g/mol. The minimum Gasteiger partial charge on any atom is -0.289 e. The summed E-state index contributed by atoms with van der Waals surface area (Å²) < 4.78 is 1.70. The summed E-state index contributed by atoms with van der Waals surface area (Å²) >= 11 is 1.32. The van der Waals surface area contributed by atoms with Gasteiger partial charge in [-0.15, -0.1) is 11.3 Å². The standard InChI is InChI=1S/C14H12N4O2S/c15-17-14(20)13-9(5-6-21-13)8-18-11-4-2-1-3-10(11)12(19)7-16-18/h1-7H,8,15H2,(H,17,20). The van der Waals surface area contributed by atoms with Gasteiger partial charge in [-0.1, -0.05) is 12.1 Å². The van der Waals surface area contributed by atoms with Gasteiger partial charge < -0.3 is 0 Å². The van der Waals surface area contributed by atoms with Crippen LogP contribution in [0.15, 0.2) is 46.7 Å². The first-order valence-corrected chi connectivity index (χ1v) is 7.11. The molecule has 0 saturated carbocycles. The molecule has 0 aliphatic rings. The van der Waals surface area contributed by atoms with Crippen LogP contribution in [0.4, 0.5) is 0 Å². The summed E-state index contributed by atoms with van der Waals surface area (Å²) in [6.45, 7) is 0.396. The molecule has 3 N–H and O–H groups in total. The molecule has 0 atom stereocenters. The Labute approximate surface area is 123 Å². The predicted octanol–water partition coefficient (Wildman–Crippen LogP) is 1.11. The van der Waals surface area contributed by atoms with Crippen LogP contribution in [0.5, 0.6) is 0 Å². The number of rotatable bonds is 3. The van der Waals surface area contributed by atoms with Gasteiger partial charge in [0.05, 0.1) is 23.1 Å². The number of hydrogen-bond donors (Lipinski definition) is 2. The van der Waals surface area contributed by atoms with E-state index in [1.54, 1.807) is 10.7 Å². The summed E-state index contributed by atoms with van der Waals surface area (Å²) in [5.74, 6) is 4.85. The van der Waals surface area contributed by atoms with Crippen LogP contribution in [0.3, 0.4) is 0 Å². The molecule has 7 heteroatoms. The van der Waals surface area contributed by atoms with Crippen molar-refractivity contribution >= 4 is 28.1 Å². The molecule has 3 rings (SSSR count). The van der Waals surface area contributed by atoms with E-state index in [4.69, 9.17) is 5.84 Å². The van der Waals surface area contributed by atoms with Crippen molar-refractivity contribution in [3.05, 3.63) is 62.6 Å². The van der Waals surface area contributed by atoms with Crippen molar-refractivity contribution < 1.29 is 4.79 Å². The molecule has 0 aliphatic heterocycles. The van der Waals surface area contributed by atoms with Gasteiger partial charge in [0, 0.05) is 5.39 Å². The lowest BCUT2D eigenvalue weighted by atomic mass is 10.2. The van der Waals surface area contributed by atoms with E-state index in [2.05, 4.69) is 10.5 Å². The largest absolute Gasteiger partial charge is 0.289 e. The molecule has 2 heterocycles. The summed E-state index contributed by atoms with van der Waals surface area (Å²) in [6.07, 6.45) is 1.29. The number of nitrogen functional groups attached to an aromatic ring is 1. The van der Waals surface area contributed by atoms with Crippen LogP contribution in [0.25, 0.3) is 10.9 Å². The number of amides is 1. The maximum absolute atomic E-state index is 11.8. The second-order valence-corrected chi connectivity index (χ2v) is 5.35. The number of benzene rings is 1. The minimum atomic E-state index is -0.328. The van der Waals surface area contributed by atoms with Gasteiger partial charge in [-0.2, -0.15) is 5.10 Å². The van der Waals surface area contributed by atoms with E-state index >= 15 is 0 Å². The first kappa shape index (κ1) is 13.5. The maximum atomic E-state index is 11.8. The van der Waals surface area contributed by atoms with Crippen LogP contribution in [-0.2, 0) is 6.54 Å². The highest BCUT2D eigenvalue weighted by atomic mass is 32.1. The number of aromatic nitrogens is 2. The Morgan fingerprint density at radius 2 is 2.14 bits per heavy atom. The fourth-order valence-electron chi connectivity index (χ4n) is 2.17. The van der Waals surface area contributed by atoms with Crippen LogP contribution in [0, 0.1) is 0 Å². The zero-order valence-corrected chi connectivity index (χ0v) is 11.8. The van der Waals surface area contributed by atoms with E-state index in [0.29, 0.717) is 16.8 Å². The molecule has 0 spiro atoms. The first-order valence-electron chi connectivity index (χ1n) is 6.23. The van der Waals surface area contributed by atoms with Gasteiger partial charge in [-0.3, -0.25) is 19.7 Å². The fourth-order valence-corrected chi connectivity index (χ4v) is 2.99. The Kier molecular flexibility index (Phi) is 3.51. The van der Waals surface area contributed by atoms with Gasteiger partial charge in [0.2, 0.25) is 5.43 Å². The zero-order valence-electron chi connectivity index (χ0n) is 10.9. The summed E-state index contributed by atoms with van der Waals surface area (Å²) in [5.41, 5.74) is 3.55. The number of carbonyl (C=O) groups excluding carboxylic acids is 1. The number of carbonyl (C=O) groups is 1. The Balaban J connectivity index is 2.08. The molecule has 106 valence electrons. The lowest BCUT2D eigenvalue weighted by Crippen LogP contribution is -2.30. The van der Waals surface area contributed by atoms with Crippen LogP contribution >= 0.6 is 11.3 Å². The second kappa shape index (κ2) is 5.47. The Morgan fingerprint density at radius 3 is 2.95 bits per heavy atom. The summed E-state index contributed by atoms with van der Waals surface area (Å²) in [5, 5.41) is 6.58. The van der Waals surface area contributed by atoms with Crippen LogP contribution < -0.4 is 16.7 Å². The number of nitrogens with one attached hydrogen (secondary N) is 1. The third kappa shape index (κ3) is 2.44. The Morgan fingerprint density at radius 1 is 1.33 bits per heavy atom. The summed E-state index contributed by atoms with van der Waals surface area (Å²) in [4.78, 5) is 24.0. The van der Waals surface area contributed by atoms with Gasteiger partial charge in [-0.05, 0) is 29.1 Å². The van der Waals surface area contributed by atoms with E-state index < -0.39 is 0 Å². The minimum absolute atomic E-state index is 0.118. The maximum Gasteiger partial charge on any atom is 0.275 e. The van der Waals surface area contributed by atoms with Crippen molar-refractivity contribution in [1.29, 1.82) is 0 Å². The van der Waals surface area contributed by atoms with Crippen LogP contribution in [0.1, 0.15) is 15.2 Å². The normalized spacial score (nSPS) is 10.7. The highest BCUT2D eigenvalue weighted by molar-refractivity contribution is 7.12. The lowest BCUT2D eigenvalue weighted by Gasteiger charge is -2.09. The van der Waals surface area contributed by atoms with Gasteiger partial charge in [-0.25, -0.2) is 5.84 Å². The Hall–Kier alpha value is -2.51. The third-order valence-corrected chi connectivity index (χ3v) is 4.12. The highest BCUT2D eigenvalue weighted by Gasteiger charge is 2.13. The molecule has 0 unspecified atom stereocenters. The molecule has 1 amide bonds. The van der Waals surface area contributed by atoms with E-state index in [9.17, 15) is 9.59 Å². The number of hydrogen-bond acceptors (Lipinski definition) is 5. The van der Waals surface area contributed by atoms with E-state index in [1.807, 2.05) is 29.6 Å². The third-order valence-electron chi connectivity index (χ3n) is 3.17. The quantitative estimate of drug-likeness (QED) is 0.431. The van der Waals surface area contributed by atoms with E-state index in [0.717, 1.165) is 11.1 Å². The summed E-state index contributed by atoms with van der Waals surface area (Å²) in [6, 6.07) is 9.10. The second-order valence-electron chi connectivity index (χ2n) is 4.43. The highest BCUT2D eigenvalue weighted by Crippen LogP contribution is 2.19. The van der Waals surface area contributed by atoms with Gasteiger partial charge in [0.25, 0.3) is 5.91 Å². The van der Waals surface area contributed by atoms with Gasteiger partial charge in [0.15, 0.2) is 0 Å². The number of nitrogens with two attached hydrogens (primary N) is 1. The van der Waals surface area contributed by atoms with E-state index in [-0.39, 0.29) is 11.3 Å². The summed E-state index contributed by atoms with van der Waals surface area (Å²) in [7, 11) is 0. The molecule has 21 heavy (non-hydrogen) atoms. The number of nitrogens with zero attached hydrogens (tertiary/aromatic N) is 2. The molecule has 6 nitrogen and oxygen atoms in total. The van der Waals surface area contributed by atoms with Crippen molar-refractivity contribution in [3.63, 3.8) is 0 Å². The van der Waals surface area contributed by atoms with Crippen molar-refractivity contribution in [2.75, 3.05) is 0 Å². The molecule has 1 aromatic carbocycles. The first-order chi connectivity index (χ1) is 10.2. The topological polar surface area (TPSA) is 90.0 Å². The smallest absolute Gasteiger partial charge is 0.275 e. The van der Waals surface area contributed by atoms with Crippen LogP contribution in [0.2, 0.25) is 0 Å². The molecule has 0 fully saturated rings. The van der Waals surface area contributed by atoms with Gasteiger partial charge >= 0.3 is 0 Å². The molecule has 0 aliphatic carbocycles. The molecule has 3 aromatic rings. The van der Waals surface area contributed by atoms with Crippen molar-refractivity contribution in [2.24, 2.45) is 5.84 Å². The van der Waals surface area contributed by atoms with Crippen molar-refractivity contribution in [2.45, 2.75) is 6.54 Å². The number of fused-ring (bicyclic) bond motifs is 1. The monoisotopic (exact) mass is 300 g/mol. The number of thiophene rings is 1. The molecule has 2 aromatic heterocycles. The molecule has 0 bridgehead atoms. The average molecular weight is 300 g/mol. The molecule has 0 radical (unpaired) electrons. The average Bonchev–Trinajstić information content (AvgIpc) is 2.98. The molecule has 0 saturated heterocycles. The SMILES string of the molecule is NNC(=O)c1sccc1Cn1ncc(=O)c2ccccc21. The lowest BCUT2D eigenvalue weighted by molar-refractivity contribution is 0.0956. The number of para-hydroxylation sites is 1. The van der Waals surface area contributed by atoms with E-state index in [1.165, 1.54) is 17.5 Å². The fraction of sp³-hybridized carbons (Fsp3) is 0.0714. The van der Waals surface area contributed by atoms with Crippen molar-refractivity contribution in [3.8, 4) is 0 Å². The van der Waals surface area contributed by atoms with Gasteiger partial charge in [0.1, 0.15) is 0 Å². The number of hydrazine groups is 1. The predicted molar refractivity (Wildman–Crippen MR) is 81.1 cm³/mol. The van der Waals surface area contributed by atoms with Crippen molar-refractivity contribution in [1.82, 2.24) is 15.2 Å². The Bertz CT molecular complexity index is 869. The zero-order chi connectivity index (χ0) is 14.8. The molecular formula is C14H12N4O2S.